The summed E-state index contributed by atoms with van der Waals surface area (Å²) in [5, 5.41) is 2.77. The number of oxazole rings is 1. The number of aromatic nitrogens is 1. The van der Waals surface area contributed by atoms with Crippen molar-refractivity contribution >= 4 is 39.1 Å². The summed E-state index contributed by atoms with van der Waals surface area (Å²) >= 11 is 12.2. The van der Waals surface area contributed by atoms with Crippen LogP contribution in [0.4, 0.5) is 0 Å². The Morgan fingerprint density at radius 3 is 2.56 bits per heavy atom. The molecule has 0 atom stereocenters. The topological polar surface area (TPSA) is 101 Å². The number of halogens is 2. The Morgan fingerprint density at radius 1 is 1.16 bits per heavy atom. The van der Waals surface area contributed by atoms with Gasteiger partial charge in [-0.1, -0.05) is 40.9 Å². The fraction of sp³-hybridized carbons (Fsp3) is 0.273. The van der Waals surface area contributed by atoms with Gasteiger partial charge in [-0.2, -0.15) is 0 Å². The van der Waals surface area contributed by atoms with Crippen LogP contribution in [0.25, 0.3) is 11.5 Å². The predicted octanol–water partition coefficient (Wildman–Crippen LogP) is 4.37. The molecule has 0 radical (unpaired) electrons. The van der Waals surface area contributed by atoms with E-state index in [2.05, 4.69) is 15.0 Å². The van der Waals surface area contributed by atoms with Gasteiger partial charge in [0.05, 0.1) is 21.3 Å². The Balaban J connectivity index is 1.41. The molecule has 1 fully saturated rings. The number of rotatable bonds is 8. The Bertz CT molecular complexity index is 1250. The van der Waals surface area contributed by atoms with Gasteiger partial charge in [-0.15, -0.1) is 0 Å². The molecule has 2 N–H and O–H groups in total. The highest BCUT2D eigenvalue weighted by Gasteiger charge is 2.30. The zero-order valence-electron chi connectivity index (χ0n) is 17.2. The minimum atomic E-state index is -3.83. The number of nitrogens with one attached hydrogen (secondary N) is 2. The molecule has 3 aromatic rings. The van der Waals surface area contributed by atoms with E-state index in [9.17, 15) is 13.2 Å². The van der Waals surface area contributed by atoms with E-state index in [1.165, 1.54) is 12.1 Å². The number of amides is 1. The summed E-state index contributed by atoms with van der Waals surface area (Å²) in [4.78, 5) is 16.9. The van der Waals surface area contributed by atoms with Gasteiger partial charge >= 0.3 is 0 Å². The average Bonchev–Trinajstić information content (AvgIpc) is 3.41. The quantitative estimate of drug-likeness (QED) is 0.484. The van der Waals surface area contributed by atoms with Crippen molar-refractivity contribution in [1.82, 2.24) is 15.0 Å². The van der Waals surface area contributed by atoms with Gasteiger partial charge in [0.15, 0.2) is 0 Å². The van der Waals surface area contributed by atoms with E-state index < -0.39 is 15.9 Å². The van der Waals surface area contributed by atoms with Crippen molar-refractivity contribution in [3.05, 3.63) is 69.5 Å². The third-order valence-electron chi connectivity index (χ3n) is 4.97. The average molecular weight is 494 g/mol. The zero-order chi connectivity index (χ0) is 22.9. The Morgan fingerprint density at radius 2 is 1.88 bits per heavy atom. The Hall–Kier alpha value is -2.39. The van der Waals surface area contributed by atoms with E-state index in [0.29, 0.717) is 18.0 Å². The maximum Gasteiger partial charge on any atom is 0.252 e. The molecule has 1 aromatic heterocycles. The first kappa shape index (κ1) is 22.8. The molecule has 2 aromatic carbocycles. The fourth-order valence-electron chi connectivity index (χ4n) is 3.04. The van der Waals surface area contributed by atoms with E-state index in [1.54, 1.807) is 6.26 Å². The van der Waals surface area contributed by atoms with E-state index in [0.717, 1.165) is 24.0 Å². The normalized spacial score (nSPS) is 13.8. The molecule has 4 rings (SSSR count). The highest BCUT2D eigenvalue weighted by atomic mass is 35.5. The first-order chi connectivity index (χ1) is 15.2. The molecule has 1 heterocycles. The van der Waals surface area contributed by atoms with Crippen LogP contribution >= 0.6 is 23.2 Å². The number of carbonyl (C=O) groups excluding carboxylic acids is 1. The number of hydrogen-bond donors (Lipinski definition) is 2. The van der Waals surface area contributed by atoms with Crippen LogP contribution in [0.5, 0.6) is 0 Å². The van der Waals surface area contributed by atoms with Crippen LogP contribution in [0.2, 0.25) is 10.0 Å². The Kier molecular flexibility index (Phi) is 6.57. The van der Waals surface area contributed by atoms with Crippen LogP contribution in [0.3, 0.4) is 0 Å². The van der Waals surface area contributed by atoms with Crippen molar-refractivity contribution in [1.29, 1.82) is 0 Å². The van der Waals surface area contributed by atoms with E-state index >= 15 is 0 Å². The summed E-state index contributed by atoms with van der Waals surface area (Å²) in [7, 11) is -3.83. The van der Waals surface area contributed by atoms with Gasteiger partial charge in [0.25, 0.3) is 5.91 Å². The SMILES string of the molecule is Cc1ccc(-c2nc(CCNC(=O)c3cc(S(=O)(=O)NC4CC4)c(Cl)cc3Cl)co2)cc1. The Labute approximate surface area is 196 Å². The molecular weight excluding hydrogens is 473 g/mol. The summed E-state index contributed by atoms with van der Waals surface area (Å²) in [6.07, 6.45) is 3.54. The summed E-state index contributed by atoms with van der Waals surface area (Å²) in [5.74, 6) is 0.00174. The standard InChI is InChI=1S/C22H21Cl2N3O4S/c1-13-2-4-14(5-3-13)22-26-16(12-31-22)8-9-25-21(28)17-10-20(19(24)11-18(17)23)32(29,30)27-15-6-7-15/h2-5,10-12,15,27H,6-9H2,1H3,(H,25,28). The van der Waals surface area contributed by atoms with Crippen LogP contribution in [-0.2, 0) is 16.4 Å². The van der Waals surface area contributed by atoms with Crippen molar-refractivity contribution in [3.8, 4) is 11.5 Å². The summed E-state index contributed by atoms with van der Waals surface area (Å²) in [6.45, 7) is 2.27. The van der Waals surface area contributed by atoms with E-state index in [1.807, 2.05) is 31.2 Å². The lowest BCUT2D eigenvalue weighted by Gasteiger charge is -2.11. The molecular formula is C22H21Cl2N3O4S. The van der Waals surface area contributed by atoms with Crippen LogP contribution in [0.15, 0.2) is 52.0 Å². The lowest BCUT2D eigenvalue weighted by molar-refractivity contribution is 0.0954. The molecule has 32 heavy (non-hydrogen) atoms. The number of nitrogens with zero attached hydrogens (tertiary/aromatic N) is 1. The summed E-state index contributed by atoms with van der Waals surface area (Å²) in [5.41, 5.74) is 2.73. The predicted molar refractivity (Wildman–Crippen MR) is 123 cm³/mol. The molecule has 168 valence electrons. The monoisotopic (exact) mass is 493 g/mol. The number of sulfonamides is 1. The fourth-order valence-corrected chi connectivity index (χ4v) is 5.21. The van der Waals surface area contributed by atoms with Crippen molar-refractivity contribution in [3.63, 3.8) is 0 Å². The minimum Gasteiger partial charge on any atom is -0.444 e. The molecule has 0 spiro atoms. The van der Waals surface area contributed by atoms with E-state index in [-0.39, 0.29) is 33.1 Å². The second kappa shape index (κ2) is 9.23. The van der Waals surface area contributed by atoms with Gasteiger partial charge in [0.2, 0.25) is 15.9 Å². The van der Waals surface area contributed by atoms with Gasteiger partial charge in [0.1, 0.15) is 11.2 Å². The third-order valence-corrected chi connectivity index (χ3v) is 7.27. The summed E-state index contributed by atoms with van der Waals surface area (Å²) < 4.78 is 33.1. The van der Waals surface area contributed by atoms with Crippen LogP contribution in [0.1, 0.15) is 34.5 Å². The lowest BCUT2D eigenvalue weighted by atomic mass is 10.1. The molecule has 0 aliphatic heterocycles. The molecule has 10 heteroatoms. The molecule has 0 unspecified atom stereocenters. The lowest BCUT2D eigenvalue weighted by Crippen LogP contribution is -2.28. The van der Waals surface area contributed by atoms with E-state index in [4.69, 9.17) is 27.6 Å². The molecule has 0 bridgehead atoms. The third kappa shape index (κ3) is 5.32. The van der Waals surface area contributed by atoms with Gasteiger partial charge in [-0.25, -0.2) is 18.1 Å². The number of aryl methyl sites for hydroxylation is 1. The second-order valence-corrected chi connectivity index (χ2v) is 10.2. The second-order valence-electron chi connectivity index (χ2n) is 7.67. The maximum absolute atomic E-state index is 12.6. The van der Waals surface area contributed by atoms with Crippen molar-refractivity contribution in [2.45, 2.75) is 37.1 Å². The number of hydrogen-bond acceptors (Lipinski definition) is 5. The van der Waals surface area contributed by atoms with Crippen LogP contribution in [-0.4, -0.2) is 31.9 Å². The molecule has 1 amide bonds. The minimum absolute atomic E-state index is 0.0349. The number of carbonyl (C=O) groups is 1. The molecule has 1 aliphatic carbocycles. The maximum atomic E-state index is 12.6. The molecule has 1 saturated carbocycles. The van der Waals surface area contributed by atoms with Crippen molar-refractivity contribution < 1.29 is 17.6 Å². The first-order valence-corrected chi connectivity index (χ1v) is 12.3. The van der Waals surface area contributed by atoms with Gasteiger partial charge in [-0.05, 0) is 44.0 Å². The van der Waals surface area contributed by atoms with Crippen molar-refractivity contribution in [2.24, 2.45) is 0 Å². The van der Waals surface area contributed by atoms with Gasteiger partial charge in [-0.3, -0.25) is 4.79 Å². The zero-order valence-corrected chi connectivity index (χ0v) is 19.5. The molecule has 1 aliphatic rings. The highest BCUT2D eigenvalue weighted by molar-refractivity contribution is 7.89. The van der Waals surface area contributed by atoms with Crippen LogP contribution < -0.4 is 10.0 Å². The van der Waals surface area contributed by atoms with Crippen LogP contribution in [0, 0.1) is 6.92 Å². The molecule has 7 nitrogen and oxygen atoms in total. The largest absolute Gasteiger partial charge is 0.444 e. The number of benzene rings is 2. The first-order valence-electron chi connectivity index (χ1n) is 10.0. The summed E-state index contributed by atoms with van der Waals surface area (Å²) in [6, 6.07) is 10.2. The van der Waals surface area contributed by atoms with Gasteiger partial charge < -0.3 is 9.73 Å². The molecule has 0 saturated heterocycles. The highest BCUT2D eigenvalue weighted by Crippen LogP contribution is 2.30. The van der Waals surface area contributed by atoms with Crippen molar-refractivity contribution in [2.75, 3.05) is 6.54 Å². The van der Waals surface area contributed by atoms with Gasteiger partial charge in [0, 0.05) is 24.6 Å². The smallest absolute Gasteiger partial charge is 0.252 e.